The Morgan fingerprint density at radius 3 is 3.00 bits per heavy atom. The third-order valence-electron chi connectivity index (χ3n) is 1.71. The highest BCUT2D eigenvalue weighted by atomic mass is 127. The highest BCUT2D eigenvalue weighted by Gasteiger charge is 2.13. The van der Waals surface area contributed by atoms with Gasteiger partial charge in [-0.2, -0.15) is 0 Å². The lowest BCUT2D eigenvalue weighted by Gasteiger charge is -2.07. The van der Waals surface area contributed by atoms with Crippen LogP contribution in [0, 0.1) is 0 Å². The maximum absolute atomic E-state index is 11.1. The molecule has 1 unspecified atom stereocenters. The Morgan fingerprint density at radius 2 is 2.47 bits per heavy atom. The van der Waals surface area contributed by atoms with Gasteiger partial charge in [0.15, 0.2) is 0 Å². The second kappa shape index (κ2) is 6.82. The molecule has 0 amide bonds. The predicted molar refractivity (Wildman–Crippen MR) is 73.5 cm³/mol. The number of ether oxygens (including phenoxy) is 1. The summed E-state index contributed by atoms with van der Waals surface area (Å²) in [5.41, 5.74) is 0. The Labute approximate surface area is 115 Å². The monoisotopic (exact) mass is 403 g/mol. The normalized spacial score (nSPS) is 12.5. The highest BCUT2D eigenvalue weighted by molar-refractivity contribution is 14.1. The molecule has 0 aliphatic rings. The molecular weight excluding hydrogens is 393 g/mol. The zero-order valence-electron chi connectivity index (χ0n) is 8.13. The van der Waals surface area contributed by atoms with E-state index in [0.717, 1.165) is 10.3 Å². The number of methoxy groups -OCH3 is 1. The minimum Gasteiger partial charge on any atom is -0.468 e. The zero-order valence-corrected chi connectivity index (χ0v) is 12.7. The number of rotatable bonds is 5. The fourth-order valence-electron chi connectivity index (χ4n) is 0.980. The molecule has 0 aromatic carbocycles. The van der Waals surface area contributed by atoms with Crippen LogP contribution in [-0.4, -0.2) is 23.5 Å². The van der Waals surface area contributed by atoms with E-state index in [9.17, 15) is 4.79 Å². The Bertz CT molecular complexity index is 332. The van der Waals surface area contributed by atoms with E-state index in [1.54, 1.807) is 11.3 Å². The van der Waals surface area contributed by atoms with Gasteiger partial charge in [0.25, 0.3) is 0 Å². The van der Waals surface area contributed by atoms with Gasteiger partial charge in [0.05, 0.1) is 10.9 Å². The van der Waals surface area contributed by atoms with Crippen molar-refractivity contribution in [2.45, 2.75) is 10.5 Å². The third-order valence-corrected chi connectivity index (χ3v) is 4.28. The molecule has 0 aliphatic heterocycles. The van der Waals surface area contributed by atoms with Gasteiger partial charge < -0.3 is 10.1 Å². The zero-order chi connectivity index (χ0) is 11.3. The Hall–Kier alpha value is 0.340. The molecule has 0 fully saturated rings. The minimum absolute atomic E-state index is 0.129. The molecule has 1 rings (SSSR count). The van der Waals surface area contributed by atoms with E-state index in [4.69, 9.17) is 0 Å². The highest BCUT2D eigenvalue weighted by Crippen LogP contribution is 2.21. The van der Waals surface area contributed by atoms with Gasteiger partial charge in [0.1, 0.15) is 3.92 Å². The second-order valence-corrected chi connectivity index (χ2v) is 6.88. The molecule has 84 valence electrons. The van der Waals surface area contributed by atoms with Crippen LogP contribution >= 0.6 is 49.9 Å². The summed E-state index contributed by atoms with van der Waals surface area (Å²) in [5, 5.41) is 3.21. The molecule has 0 aliphatic carbocycles. The number of nitrogens with one attached hydrogen (secondary N) is 1. The van der Waals surface area contributed by atoms with E-state index in [0.29, 0.717) is 6.54 Å². The fourth-order valence-corrected chi connectivity index (χ4v) is 3.00. The first-order valence-corrected chi connectivity index (χ1v) is 7.16. The number of hydrogen-bond acceptors (Lipinski definition) is 4. The van der Waals surface area contributed by atoms with Crippen molar-refractivity contribution in [3.8, 4) is 0 Å². The lowest BCUT2D eigenvalue weighted by Crippen LogP contribution is -2.29. The molecule has 15 heavy (non-hydrogen) atoms. The van der Waals surface area contributed by atoms with Crippen molar-refractivity contribution in [1.82, 2.24) is 5.32 Å². The number of alkyl halides is 1. The van der Waals surface area contributed by atoms with Crippen molar-refractivity contribution >= 4 is 55.8 Å². The van der Waals surface area contributed by atoms with E-state index < -0.39 is 0 Å². The number of halogens is 2. The molecule has 1 heterocycles. The minimum atomic E-state index is -0.185. The van der Waals surface area contributed by atoms with Crippen LogP contribution in [0.3, 0.4) is 0 Å². The predicted octanol–water partition coefficient (Wildman–Crippen LogP) is 2.58. The van der Waals surface area contributed by atoms with Gasteiger partial charge in [-0.25, -0.2) is 0 Å². The summed E-state index contributed by atoms with van der Waals surface area (Å²) in [6, 6.07) is 4.08. The molecule has 1 aromatic heterocycles. The third kappa shape index (κ3) is 4.80. The van der Waals surface area contributed by atoms with Crippen LogP contribution in [0.5, 0.6) is 0 Å². The maximum atomic E-state index is 11.1. The molecular formula is C9H11BrINO2S. The van der Waals surface area contributed by atoms with E-state index in [1.807, 2.05) is 6.07 Å². The molecule has 0 bridgehead atoms. The maximum Gasteiger partial charge on any atom is 0.319 e. The average Bonchev–Trinajstić information content (AvgIpc) is 2.63. The average molecular weight is 404 g/mol. The van der Waals surface area contributed by atoms with Crippen molar-refractivity contribution in [1.29, 1.82) is 0 Å². The van der Waals surface area contributed by atoms with Crippen molar-refractivity contribution in [3.05, 3.63) is 20.8 Å². The molecule has 0 radical (unpaired) electrons. The topological polar surface area (TPSA) is 38.3 Å². The van der Waals surface area contributed by atoms with Crippen LogP contribution in [-0.2, 0) is 16.1 Å². The van der Waals surface area contributed by atoms with Crippen LogP contribution in [0.2, 0.25) is 0 Å². The van der Waals surface area contributed by atoms with Gasteiger partial charge in [-0.05, 0) is 28.1 Å². The van der Waals surface area contributed by atoms with Crippen LogP contribution in [0.15, 0.2) is 15.9 Å². The summed E-state index contributed by atoms with van der Waals surface area (Å²) in [6.07, 6.45) is 0. The summed E-state index contributed by atoms with van der Waals surface area (Å²) in [7, 11) is 1.41. The lowest BCUT2D eigenvalue weighted by molar-refractivity contribution is -0.139. The van der Waals surface area contributed by atoms with Crippen molar-refractivity contribution < 1.29 is 9.53 Å². The van der Waals surface area contributed by atoms with Gasteiger partial charge in [-0.3, -0.25) is 4.79 Å². The quantitative estimate of drug-likeness (QED) is 0.466. The lowest BCUT2D eigenvalue weighted by atomic mass is 10.4. The van der Waals surface area contributed by atoms with Crippen molar-refractivity contribution in [2.24, 2.45) is 0 Å². The first-order valence-electron chi connectivity index (χ1n) is 4.30. The molecule has 6 heteroatoms. The van der Waals surface area contributed by atoms with Crippen molar-refractivity contribution in [3.63, 3.8) is 0 Å². The van der Waals surface area contributed by atoms with E-state index >= 15 is 0 Å². The Morgan fingerprint density at radius 1 is 1.73 bits per heavy atom. The number of esters is 1. The Kier molecular flexibility index (Phi) is 6.10. The van der Waals surface area contributed by atoms with Gasteiger partial charge in [-0.1, -0.05) is 22.6 Å². The van der Waals surface area contributed by atoms with E-state index in [1.165, 1.54) is 12.0 Å². The van der Waals surface area contributed by atoms with Crippen LogP contribution < -0.4 is 5.32 Å². The van der Waals surface area contributed by atoms with Crippen LogP contribution in [0.4, 0.5) is 0 Å². The summed E-state index contributed by atoms with van der Waals surface area (Å²) in [4.78, 5) is 12.3. The van der Waals surface area contributed by atoms with Crippen molar-refractivity contribution in [2.75, 3.05) is 13.7 Å². The standard InChI is InChI=1S/C9H11BrINO2S/c1-14-9(13)7(11)5-12-4-6-2-3-8(10)15-6/h2-3,7,12H,4-5H2,1H3. The molecule has 0 saturated carbocycles. The Balaban J connectivity index is 2.24. The summed E-state index contributed by atoms with van der Waals surface area (Å²) < 4.78 is 5.62. The van der Waals surface area contributed by atoms with E-state index in [2.05, 4.69) is 54.6 Å². The van der Waals surface area contributed by atoms with Gasteiger partial charge in [0.2, 0.25) is 0 Å². The van der Waals surface area contributed by atoms with Gasteiger partial charge in [-0.15, -0.1) is 11.3 Å². The fraction of sp³-hybridized carbons (Fsp3) is 0.444. The van der Waals surface area contributed by atoms with Crippen LogP contribution in [0.25, 0.3) is 0 Å². The van der Waals surface area contributed by atoms with E-state index in [-0.39, 0.29) is 9.89 Å². The number of carbonyl (C=O) groups is 1. The smallest absolute Gasteiger partial charge is 0.319 e. The first-order chi connectivity index (χ1) is 7.13. The van der Waals surface area contributed by atoms with Crippen LogP contribution in [0.1, 0.15) is 4.88 Å². The first kappa shape index (κ1) is 13.4. The molecule has 1 atom stereocenters. The number of thiophene rings is 1. The molecule has 1 aromatic rings. The number of carbonyl (C=O) groups excluding carboxylic acids is 1. The SMILES string of the molecule is COC(=O)C(I)CNCc1ccc(Br)s1. The molecule has 1 N–H and O–H groups in total. The largest absolute Gasteiger partial charge is 0.468 e. The summed E-state index contributed by atoms with van der Waals surface area (Å²) >= 11 is 7.16. The van der Waals surface area contributed by atoms with Gasteiger partial charge in [0, 0.05) is 18.0 Å². The number of hydrogen-bond donors (Lipinski definition) is 1. The summed E-state index contributed by atoms with van der Waals surface area (Å²) in [5.74, 6) is -0.185. The van der Waals surface area contributed by atoms with Gasteiger partial charge >= 0.3 is 5.97 Å². The molecule has 0 spiro atoms. The molecule has 0 saturated heterocycles. The summed E-state index contributed by atoms with van der Waals surface area (Å²) in [6.45, 7) is 1.41. The second-order valence-electron chi connectivity index (χ2n) is 2.83. The molecule has 3 nitrogen and oxygen atoms in total.